The minimum absolute atomic E-state index is 0.398. The molecule has 0 aliphatic rings. The third kappa shape index (κ3) is 15.4. The summed E-state index contributed by atoms with van der Waals surface area (Å²) in [5, 5.41) is 26.5. The Morgan fingerprint density at radius 1 is 0.356 bits per heavy atom. The number of azo groups is 2. The number of anilines is 2. The van der Waals surface area contributed by atoms with Gasteiger partial charge in [0.25, 0.3) is 0 Å². The van der Waals surface area contributed by atoms with Gasteiger partial charge in [-0.15, -0.1) is 20.5 Å². The van der Waals surface area contributed by atoms with Crippen molar-refractivity contribution in [3.05, 3.63) is 181 Å². The molecule has 0 spiro atoms. The van der Waals surface area contributed by atoms with Gasteiger partial charge in [-0.25, -0.2) is 0 Å². The van der Waals surface area contributed by atoms with Crippen LogP contribution in [0.5, 0.6) is 11.5 Å². The van der Waals surface area contributed by atoms with Gasteiger partial charge in [-0.2, -0.15) is 10.2 Å². The summed E-state index contributed by atoms with van der Waals surface area (Å²) in [6.45, 7) is 3.45. The first-order chi connectivity index (χ1) is 29.3. The van der Waals surface area contributed by atoms with E-state index in [4.69, 9.17) is 23.7 Å². The Morgan fingerprint density at radius 3 is 1.03 bits per heavy atom. The molecule has 300 valence electrons. The molecule has 13 heteroatoms. The average molecular weight is 791 g/mol. The smallest absolute Gasteiger partial charge is 0.201 e. The van der Waals surface area contributed by atoms with Crippen LogP contribution in [0.2, 0.25) is 0 Å². The molecule has 0 bridgehead atoms. The van der Waals surface area contributed by atoms with E-state index in [2.05, 4.69) is 41.5 Å². The lowest BCUT2D eigenvalue weighted by atomic mass is 10.2. The number of nitrogens with one attached hydrogen (secondary N) is 2. The first-order valence-electron chi connectivity index (χ1n) is 19.2. The standard InChI is InChI=1S/C46H46N8O5/c1-5-13-39(14-6-1)47-51-45(52-48-40-15-7-2-8-16-40)37-21-25-43(26-22-37)58-35-33-56-31-29-55-30-32-57-34-36-59-44-27-23-38(24-28-44)46(53-49-41-17-9-3-10-18-41)54-50-42-19-11-4-12-20-42/h1-28,47,49H,29-36H2/b51-45-,52-48?,53-46-,54-50?. The maximum absolute atomic E-state index is 5.86. The Bertz CT molecular complexity index is 2030. The monoisotopic (exact) mass is 790 g/mol. The minimum atomic E-state index is 0.398. The zero-order valence-electron chi connectivity index (χ0n) is 32.5. The van der Waals surface area contributed by atoms with Gasteiger partial charge < -0.3 is 23.7 Å². The second-order valence-electron chi connectivity index (χ2n) is 12.5. The summed E-state index contributed by atoms with van der Waals surface area (Å²) in [5.41, 5.74) is 10.8. The van der Waals surface area contributed by atoms with E-state index in [1.54, 1.807) is 0 Å². The van der Waals surface area contributed by atoms with Crippen molar-refractivity contribution in [2.75, 3.05) is 63.7 Å². The molecule has 59 heavy (non-hydrogen) atoms. The van der Waals surface area contributed by atoms with Crippen LogP contribution in [0, 0.1) is 0 Å². The maximum atomic E-state index is 5.86. The third-order valence-corrected chi connectivity index (χ3v) is 8.12. The van der Waals surface area contributed by atoms with Crippen molar-refractivity contribution in [3.63, 3.8) is 0 Å². The molecule has 6 aromatic carbocycles. The Balaban J connectivity index is 0.826. The number of hydrogen-bond donors (Lipinski definition) is 2. The normalized spacial score (nSPS) is 11.9. The molecule has 2 N–H and O–H groups in total. The van der Waals surface area contributed by atoms with Crippen LogP contribution in [0.1, 0.15) is 11.1 Å². The molecule has 6 aromatic rings. The second kappa shape index (κ2) is 24.5. The van der Waals surface area contributed by atoms with E-state index >= 15 is 0 Å². The molecule has 0 aliphatic carbocycles. The number of rotatable bonds is 22. The summed E-state index contributed by atoms with van der Waals surface area (Å²) < 4.78 is 28.7. The Hall–Kier alpha value is -7.06. The summed E-state index contributed by atoms with van der Waals surface area (Å²) in [6.07, 6.45) is 0. The number of hydrogen-bond acceptors (Lipinski definition) is 11. The van der Waals surface area contributed by atoms with Crippen molar-refractivity contribution in [2.45, 2.75) is 0 Å². The molecule has 0 aromatic heterocycles. The van der Waals surface area contributed by atoms with E-state index in [-0.39, 0.29) is 0 Å². The van der Waals surface area contributed by atoms with Crippen molar-refractivity contribution >= 4 is 34.4 Å². The van der Waals surface area contributed by atoms with Gasteiger partial charge in [0, 0.05) is 11.1 Å². The summed E-state index contributed by atoms with van der Waals surface area (Å²) >= 11 is 0. The molecule has 0 unspecified atom stereocenters. The number of ether oxygens (including phenoxy) is 5. The van der Waals surface area contributed by atoms with Gasteiger partial charge in [-0.1, -0.05) is 72.8 Å². The Morgan fingerprint density at radius 2 is 0.678 bits per heavy atom. The number of hydrazone groups is 2. The van der Waals surface area contributed by atoms with Crippen LogP contribution in [-0.2, 0) is 14.2 Å². The second-order valence-corrected chi connectivity index (χ2v) is 12.5. The van der Waals surface area contributed by atoms with Crippen LogP contribution in [0.4, 0.5) is 22.7 Å². The first-order valence-corrected chi connectivity index (χ1v) is 19.2. The van der Waals surface area contributed by atoms with Crippen LogP contribution in [0.15, 0.2) is 201 Å². The maximum Gasteiger partial charge on any atom is 0.201 e. The van der Waals surface area contributed by atoms with Crippen LogP contribution < -0.4 is 20.3 Å². The fourth-order valence-corrected chi connectivity index (χ4v) is 5.13. The highest BCUT2D eigenvalue weighted by Crippen LogP contribution is 2.19. The molecule has 0 amide bonds. The SMILES string of the molecule is c1ccc(N=N/C(=N\Nc2ccccc2)c2ccc(OCCOCCOCCOCCOc3ccc(/C(N=Nc4ccccc4)=N/Nc4ccccc4)cc3)cc2)cc1. The van der Waals surface area contributed by atoms with Crippen molar-refractivity contribution in [3.8, 4) is 11.5 Å². The summed E-state index contributed by atoms with van der Waals surface area (Å²) in [7, 11) is 0. The van der Waals surface area contributed by atoms with Gasteiger partial charge in [0.1, 0.15) is 24.7 Å². The van der Waals surface area contributed by atoms with E-state index < -0.39 is 0 Å². The number of benzene rings is 6. The molecule has 0 saturated heterocycles. The molecular formula is C46H46N8O5. The van der Waals surface area contributed by atoms with Crippen molar-refractivity contribution in [1.82, 2.24) is 0 Å². The molecule has 0 radical (unpaired) electrons. The molecule has 0 saturated carbocycles. The minimum Gasteiger partial charge on any atom is -0.491 e. The van der Waals surface area contributed by atoms with Gasteiger partial charge in [0.15, 0.2) is 0 Å². The molecule has 13 nitrogen and oxygen atoms in total. The van der Waals surface area contributed by atoms with Gasteiger partial charge in [0.05, 0.1) is 62.4 Å². The van der Waals surface area contributed by atoms with Gasteiger partial charge >= 0.3 is 0 Å². The van der Waals surface area contributed by atoms with E-state index in [9.17, 15) is 0 Å². The lowest BCUT2D eigenvalue weighted by Gasteiger charge is -2.10. The average Bonchev–Trinajstić information content (AvgIpc) is 3.30. The van der Waals surface area contributed by atoms with Crippen molar-refractivity contribution in [1.29, 1.82) is 0 Å². The molecule has 0 heterocycles. The van der Waals surface area contributed by atoms with E-state index in [0.29, 0.717) is 76.0 Å². The largest absolute Gasteiger partial charge is 0.491 e. The van der Waals surface area contributed by atoms with Gasteiger partial charge in [-0.05, 0) is 97.1 Å². The highest BCUT2D eigenvalue weighted by molar-refractivity contribution is 6.00. The summed E-state index contributed by atoms with van der Waals surface area (Å²) in [5.74, 6) is 2.29. The van der Waals surface area contributed by atoms with Gasteiger partial charge in [0.2, 0.25) is 11.7 Å². The fourth-order valence-electron chi connectivity index (χ4n) is 5.13. The summed E-state index contributed by atoms with van der Waals surface area (Å²) in [4.78, 5) is 0. The molecule has 0 aliphatic heterocycles. The van der Waals surface area contributed by atoms with Crippen molar-refractivity contribution in [2.24, 2.45) is 30.7 Å². The number of nitrogens with zero attached hydrogens (tertiary/aromatic N) is 6. The zero-order chi connectivity index (χ0) is 40.4. The Labute approximate surface area is 344 Å². The topological polar surface area (TPSA) is 144 Å². The Kier molecular flexibility index (Phi) is 17.3. The molecule has 0 atom stereocenters. The predicted molar refractivity (Wildman–Crippen MR) is 231 cm³/mol. The lowest BCUT2D eigenvalue weighted by Crippen LogP contribution is -2.14. The highest BCUT2D eigenvalue weighted by atomic mass is 16.6. The molecular weight excluding hydrogens is 745 g/mol. The van der Waals surface area contributed by atoms with Crippen LogP contribution >= 0.6 is 0 Å². The number of amidine groups is 2. The summed E-state index contributed by atoms with van der Waals surface area (Å²) in [6, 6.07) is 53.4. The fraction of sp³-hybridized carbons (Fsp3) is 0.174. The molecule has 0 fully saturated rings. The van der Waals surface area contributed by atoms with Crippen LogP contribution in [0.25, 0.3) is 0 Å². The zero-order valence-corrected chi connectivity index (χ0v) is 32.5. The van der Waals surface area contributed by atoms with E-state index in [0.717, 1.165) is 33.9 Å². The highest BCUT2D eigenvalue weighted by Gasteiger charge is 2.07. The predicted octanol–water partition coefficient (Wildman–Crippen LogP) is 10.3. The van der Waals surface area contributed by atoms with E-state index in [1.165, 1.54) is 0 Å². The van der Waals surface area contributed by atoms with E-state index in [1.807, 2.05) is 170 Å². The van der Waals surface area contributed by atoms with Crippen LogP contribution in [-0.4, -0.2) is 64.5 Å². The molecule has 6 rings (SSSR count). The lowest BCUT2D eigenvalue weighted by molar-refractivity contribution is 0.00499. The number of para-hydroxylation sites is 2. The van der Waals surface area contributed by atoms with Crippen molar-refractivity contribution < 1.29 is 23.7 Å². The quantitative estimate of drug-likeness (QED) is 0.0229. The first kappa shape index (κ1) is 41.6. The van der Waals surface area contributed by atoms with Gasteiger partial charge in [-0.3, -0.25) is 10.9 Å². The third-order valence-electron chi connectivity index (χ3n) is 8.12. The van der Waals surface area contributed by atoms with Crippen LogP contribution in [0.3, 0.4) is 0 Å².